The number of benzene rings is 19. The first-order valence-corrected chi connectivity index (χ1v) is 41.6. The average Bonchev–Trinajstić information content (AvgIpc) is 1.49. The molecular weight excluding hydrogens is 1440 g/mol. The van der Waals surface area contributed by atoms with E-state index >= 15 is 0 Å². The van der Waals surface area contributed by atoms with Crippen molar-refractivity contribution in [2.24, 2.45) is 0 Å². The van der Waals surface area contributed by atoms with Gasteiger partial charge in [0.1, 0.15) is 0 Å². The van der Waals surface area contributed by atoms with Crippen LogP contribution in [0.25, 0.3) is 111 Å². The van der Waals surface area contributed by atoms with Crippen LogP contribution in [-0.4, -0.2) is 0 Å². The lowest BCUT2D eigenvalue weighted by atomic mass is 9.65. The Labute approximate surface area is 684 Å². The van der Waals surface area contributed by atoms with Crippen molar-refractivity contribution >= 4 is 79.2 Å². The molecule has 2 nitrogen and oxygen atoms in total. The van der Waals surface area contributed by atoms with Gasteiger partial charge in [-0.25, -0.2) is 0 Å². The molecule has 116 heavy (non-hydrogen) atoms. The molecule has 0 N–H and O–H groups in total. The lowest BCUT2D eigenvalue weighted by molar-refractivity contribution is 0.730. The van der Waals surface area contributed by atoms with E-state index < -0.39 is 10.8 Å². The summed E-state index contributed by atoms with van der Waals surface area (Å²) in [5, 5.41) is 5.01. The Bertz CT molecular complexity index is 7150. The molecule has 0 bridgehead atoms. The maximum absolute atomic E-state index is 2.58. The van der Waals surface area contributed by atoms with E-state index in [1.807, 2.05) is 23.5 Å². The molecule has 2 unspecified atom stereocenters. The molecular formula is C112H72N2S2. The second-order valence-electron chi connectivity index (χ2n) is 30.8. The van der Waals surface area contributed by atoms with Crippen LogP contribution >= 0.6 is 23.5 Å². The summed E-state index contributed by atoms with van der Waals surface area (Å²) in [5.41, 5.74) is 34.4. The predicted molar refractivity (Wildman–Crippen MR) is 486 cm³/mol. The van der Waals surface area contributed by atoms with Crippen molar-refractivity contribution < 1.29 is 0 Å². The van der Waals surface area contributed by atoms with Gasteiger partial charge in [-0.2, -0.15) is 0 Å². The van der Waals surface area contributed by atoms with Crippen molar-refractivity contribution in [1.29, 1.82) is 0 Å². The van der Waals surface area contributed by atoms with Crippen LogP contribution < -0.4 is 9.80 Å². The standard InChI is InChI=1S/C112H72N2S2/c1-4-28-73(29-5-1)74-56-63-86(64-57-74)114(102-53-27-46-93-91-44-15-18-48-96(91)112(108(93)102)98-50-20-23-55-104(98)116-106-69-62-79-35-11-13-42-89(79)110(106)112)100-67-60-84(72-94(100)77-32-8-3-9-33-77)83-39-25-38-82(71-83)81-37-24-36-80(70-81)75-58-65-85(66-59-75)113(99-51-21-16-40-87(99)76-30-6-2-7-31-76)101-52-26-45-92-90-43-14-17-47-95(90)111(107(92)101)97-49-19-22-54-103(97)115-105-68-61-78-34-10-12-41-88(78)109(105)111/h1-72H. The highest BCUT2D eigenvalue weighted by Gasteiger charge is 2.55. The Morgan fingerprint density at radius 3 is 1.00 bits per heavy atom. The molecule has 2 heterocycles. The van der Waals surface area contributed by atoms with E-state index in [2.05, 4.69) is 447 Å². The molecule has 23 rings (SSSR count). The van der Waals surface area contributed by atoms with Crippen molar-refractivity contribution in [3.05, 3.63) is 481 Å². The van der Waals surface area contributed by atoms with Crippen LogP contribution in [0.15, 0.2) is 456 Å². The second kappa shape index (κ2) is 27.4. The van der Waals surface area contributed by atoms with Gasteiger partial charge in [-0.1, -0.05) is 369 Å². The highest BCUT2D eigenvalue weighted by Crippen LogP contribution is 2.69. The fraction of sp³-hybridized carbons (Fsp3) is 0.0179. The minimum absolute atomic E-state index is 0.669. The largest absolute Gasteiger partial charge is 0.310 e. The number of anilines is 6. The quantitative estimate of drug-likeness (QED) is 0.120. The van der Waals surface area contributed by atoms with Crippen molar-refractivity contribution in [3.8, 4) is 89.0 Å². The number of hydrogen-bond donors (Lipinski definition) is 0. The summed E-state index contributed by atoms with van der Waals surface area (Å²) in [6.07, 6.45) is 0. The second-order valence-corrected chi connectivity index (χ2v) is 32.9. The zero-order chi connectivity index (χ0) is 76.4. The van der Waals surface area contributed by atoms with E-state index in [4.69, 9.17) is 0 Å². The summed E-state index contributed by atoms with van der Waals surface area (Å²) in [6.45, 7) is 0. The first-order chi connectivity index (χ1) is 57.5. The third-order valence-electron chi connectivity index (χ3n) is 24.7. The highest BCUT2D eigenvalue weighted by molar-refractivity contribution is 7.99. The third-order valence-corrected chi connectivity index (χ3v) is 27.0. The van der Waals surface area contributed by atoms with Crippen LogP contribution in [0, 0.1) is 0 Å². The van der Waals surface area contributed by atoms with Crippen LogP contribution in [0.1, 0.15) is 44.5 Å². The zero-order valence-electron chi connectivity index (χ0n) is 63.3. The van der Waals surface area contributed by atoms with Gasteiger partial charge in [0.2, 0.25) is 0 Å². The van der Waals surface area contributed by atoms with Gasteiger partial charge in [-0.3, -0.25) is 0 Å². The van der Waals surface area contributed by atoms with Crippen LogP contribution in [0.2, 0.25) is 0 Å². The van der Waals surface area contributed by atoms with Gasteiger partial charge in [0.25, 0.3) is 0 Å². The molecule has 2 aliphatic heterocycles. The number of rotatable bonds is 12. The van der Waals surface area contributed by atoms with Gasteiger partial charge >= 0.3 is 0 Å². The van der Waals surface area contributed by atoms with Gasteiger partial charge in [0.15, 0.2) is 0 Å². The summed E-state index contributed by atoms with van der Waals surface area (Å²) >= 11 is 3.80. The molecule has 0 amide bonds. The molecule has 4 aliphatic rings. The average molecular weight is 1510 g/mol. The van der Waals surface area contributed by atoms with E-state index in [1.54, 1.807) is 0 Å². The number of para-hydroxylation sites is 1. The molecule has 19 aromatic carbocycles. The van der Waals surface area contributed by atoms with Gasteiger partial charge in [0.05, 0.1) is 33.6 Å². The normalized spacial score (nSPS) is 14.9. The lowest BCUT2D eigenvalue weighted by Gasteiger charge is -2.42. The molecule has 0 aromatic heterocycles. The summed E-state index contributed by atoms with van der Waals surface area (Å²) < 4.78 is 0. The monoisotopic (exact) mass is 1510 g/mol. The Balaban J connectivity index is 0.658. The Morgan fingerprint density at radius 2 is 0.500 bits per heavy atom. The van der Waals surface area contributed by atoms with Crippen LogP contribution in [-0.2, 0) is 10.8 Å². The molecule has 2 atom stereocenters. The highest BCUT2D eigenvalue weighted by atomic mass is 32.2. The van der Waals surface area contributed by atoms with E-state index in [1.165, 1.54) is 119 Å². The van der Waals surface area contributed by atoms with Crippen molar-refractivity contribution in [2.45, 2.75) is 30.4 Å². The fourth-order valence-corrected chi connectivity index (χ4v) is 22.3. The SMILES string of the molecule is c1ccc(-c2ccc(N(c3ccc(-c4cccc(-c5cccc(-c6ccc(N(c7ccccc7-c7ccccc7)c7cccc8c7C7(c9ccccc9Sc9ccc%10ccccc%10c97)c7ccccc7-8)cc6)c5)c4)cc3-c3ccccc3)c3cccc4c3C3(c5ccccc5Sc5ccc6ccccc6c53)c3ccccc3-4)cc2)cc1. The summed E-state index contributed by atoms with van der Waals surface area (Å²) in [6, 6.07) is 164. The van der Waals surface area contributed by atoms with E-state index in [9.17, 15) is 0 Å². The maximum atomic E-state index is 2.58. The van der Waals surface area contributed by atoms with Crippen molar-refractivity contribution in [3.63, 3.8) is 0 Å². The number of hydrogen-bond acceptors (Lipinski definition) is 4. The van der Waals surface area contributed by atoms with Crippen molar-refractivity contribution in [2.75, 3.05) is 9.80 Å². The van der Waals surface area contributed by atoms with Gasteiger partial charge in [-0.05, 0) is 224 Å². The maximum Gasteiger partial charge on any atom is 0.0762 e. The zero-order valence-corrected chi connectivity index (χ0v) is 64.9. The van der Waals surface area contributed by atoms with Gasteiger partial charge in [-0.15, -0.1) is 0 Å². The lowest BCUT2D eigenvalue weighted by Crippen LogP contribution is -2.33. The minimum Gasteiger partial charge on any atom is -0.310 e. The molecule has 0 saturated carbocycles. The smallest absolute Gasteiger partial charge is 0.0762 e. The van der Waals surface area contributed by atoms with Gasteiger partial charge in [0, 0.05) is 53.2 Å². The number of nitrogens with zero attached hydrogens (tertiary/aromatic N) is 2. The molecule has 0 saturated heterocycles. The van der Waals surface area contributed by atoms with E-state index in [0.29, 0.717) is 0 Å². The topological polar surface area (TPSA) is 6.48 Å². The van der Waals surface area contributed by atoms with E-state index in [-0.39, 0.29) is 0 Å². The first-order valence-electron chi connectivity index (χ1n) is 40.0. The van der Waals surface area contributed by atoms with Crippen molar-refractivity contribution in [1.82, 2.24) is 0 Å². The van der Waals surface area contributed by atoms with Crippen LogP contribution in [0.4, 0.5) is 34.1 Å². The fourth-order valence-electron chi connectivity index (χ4n) is 19.9. The first kappa shape index (κ1) is 67.7. The molecule has 4 heteroatoms. The predicted octanol–water partition coefficient (Wildman–Crippen LogP) is 30.6. The van der Waals surface area contributed by atoms with Crippen LogP contribution in [0.3, 0.4) is 0 Å². The molecule has 0 fully saturated rings. The molecule has 2 spiro atoms. The number of fused-ring (bicyclic) bond motifs is 22. The van der Waals surface area contributed by atoms with Gasteiger partial charge < -0.3 is 9.80 Å². The minimum atomic E-state index is -0.693. The summed E-state index contributed by atoms with van der Waals surface area (Å²) in [5.74, 6) is 0. The summed E-state index contributed by atoms with van der Waals surface area (Å²) in [7, 11) is 0. The van der Waals surface area contributed by atoms with E-state index in [0.717, 1.165) is 89.8 Å². The van der Waals surface area contributed by atoms with Crippen LogP contribution in [0.5, 0.6) is 0 Å². The molecule has 0 radical (unpaired) electrons. The third kappa shape index (κ3) is 10.5. The Hall–Kier alpha value is -14.0. The molecule has 542 valence electrons. The molecule has 19 aromatic rings. The Kier molecular flexibility index (Phi) is 16.0. The molecule has 2 aliphatic carbocycles. The Morgan fingerprint density at radius 1 is 0.172 bits per heavy atom. The summed E-state index contributed by atoms with van der Waals surface area (Å²) in [4.78, 5) is 10.2.